The molecular formula is C15H29N3O2. The number of likely N-dealkylation sites (N-methyl/N-ethyl adjacent to an activating group) is 1. The van der Waals surface area contributed by atoms with E-state index in [1.165, 1.54) is 0 Å². The first-order valence-electron chi connectivity index (χ1n) is 7.86. The summed E-state index contributed by atoms with van der Waals surface area (Å²) in [5, 5.41) is 2.73. The molecule has 5 heteroatoms. The Labute approximate surface area is 122 Å². The quantitative estimate of drug-likeness (QED) is 0.739. The number of nitrogens with zero attached hydrogens (tertiary/aromatic N) is 1. The fourth-order valence-corrected chi connectivity index (χ4v) is 2.76. The number of carbonyl (C=O) groups excluding carboxylic acids is 2. The molecule has 0 aromatic carbocycles. The van der Waals surface area contributed by atoms with E-state index in [4.69, 9.17) is 5.73 Å². The molecule has 0 heterocycles. The molecule has 2 amide bonds. The normalized spacial score (nSPS) is 22.4. The number of nitrogens with two attached hydrogens (primary N) is 1. The van der Waals surface area contributed by atoms with Gasteiger partial charge in [-0.1, -0.05) is 0 Å². The van der Waals surface area contributed by atoms with E-state index in [0.29, 0.717) is 31.5 Å². The molecule has 0 spiro atoms. The summed E-state index contributed by atoms with van der Waals surface area (Å²) < 4.78 is 0. The molecule has 1 aliphatic carbocycles. The van der Waals surface area contributed by atoms with E-state index in [1.807, 2.05) is 13.8 Å². The van der Waals surface area contributed by atoms with Crippen LogP contribution in [-0.2, 0) is 9.59 Å². The van der Waals surface area contributed by atoms with Gasteiger partial charge in [-0.25, -0.2) is 0 Å². The Kier molecular flexibility index (Phi) is 7.59. The molecule has 1 saturated carbocycles. The highest BCUT2D eigenvalue weighted by atomic mass is 16.2. The van der Waals surface area contributed by atoms with Crippen molar-refractivity contribution in [1.82, 2.24) is 10.2 Å². The number of hydrogen-bond acceptors (Lipinski definition) is 3. The van der Waals surface area contributed by atoms with Crippen LogP contribution >= 0.6 is 0 Å². The van der Waals surface area contributed by atoms with E-state index in [9.17, 15) is 9.59 Å². The second kappa shape index (κ2) is 8.95. The summed E-state index contributed by atoms with van der Waals surface area (Å²) in [6.07, 6.45) is 5.85. The minimum atomic E-state index is -0.0135. The Hall–Kier alpha value is -1.10. The van der Waals surface area contributed by atoms with Crippen LogP contribution in [0.2, 0.25) is 0 Å². The van der Waals surface area contributed by atoms with Crippen LogP contribution in [0.1, 0.15) is 52.4 Å². The van der Waals surface area contributed by atoms with Crippen molar-refractivity contribution in [1.29, 1.82) is 0 Å². The van der Waals surface area contributed by atoms with Crippen LogP contribution in [-0.4, -0.2) is 42.4 Å². The van der Waals surface area contributed by atoms with Gasteiger partial charge in [0.15, 0.2) is 0 Å². The third kappa shape index (κ3) is 5.90. The third-order valence-electron chi connectivity index (χ3n) is 4.22. The first kappa shape index (κ1) is 17.0. The molecule has 20 heavy (non-hydrogen) atoms. The van der Waals surface area contributed by atoms with Crippen molar-refractivity contribution in [3.63, 3.8) is 0 Å². The predicted octanol–water partition coefficient (Wildman–Crippen LogP) is 1.27. The van der Waals surface area contributed by atoms with Crippen molar-refractivity contribution in [3.8, 4) is 0 Å². The van der Waals surface area contributed by atoms with E-state index < -0.39 is 0 Å². The van der Waals surface area contributed by atoms with Gasteiger partial charge >= 0.3 is 0 Å². The van der Waals surface area contributed by atoms with Crippen molar-refractivity contribution in [2.24, 2.45) is 11.7 Å². The van der Waals surface area contributed by atoms with Crippen LogP contribution in [0.25, 0.3) is 0 Å². The molecule has 5 nitrogen and oxygen atoms in total. The molecule has 1 rings (SSSR count). The van der Waals surface area contributed by atoms with Gasteiger partial charge in [-0.2, -0.15) is 0 Å². The third-order valence-corrected chi connectivity index (χ3v) is 4.22. The SMILES string of the molecule is CCN(CC)C(=O)CNC(=O)CCC1CCC(N)CC1. The maximum absolute atomic E-state index is 11.7. The summed E-state index contributed by atoms with van der Waals surface area (Å²) in [6, 6.07) is 0.353. The summed E-state index contributed by atoms with van der Waals surface area (Å²) in [5.74, 6) is 0.603. The number of amides is 2. The molecule has 0 atom stereocenters. The zero-order valence-corrected chi connectivity index (χ0v) is 12.9. The fourth-order valence-electron chi connectivity index (χ4n) is 2.76. The summed E-state index contributed by atoms with van der Waals surface area (Å²) in [4.78, 5) is 25.2. The van der Waals surface area contributed by atoms with Crippen LogP contribution in [0, 0.1) is 5.92 Å². The minimum absolute atomic E-state index is 0.00742. The molecule has 0 radical (unpaired) electrons. The Morgan fingerprint density at radius 2 is 1.75 bits per heavy atom. The Morgan fingerprint density at radius 1 is 1.15 bits per heavy atom. The first-order chi connectivity index (χ1) is 9.56. The fraction of sp³-hybridized carbons (Fsp3) is 0.867. The maximum Gasteiger partial charge on any atom is 0.241 e. The van der Waals surface area contributed by atoms with Gasteiger partial charge in [-0.15, -0.1) is 0 Å². The Bertz CT molecular complexity index is 308. The topological polar surface area (TPSA) is 75.4 Å². The molecule has 0 aromatic heterocycles. The van der Waals surface area contributed by atoms with Crippen molar-refractivity contribution < 1.29 is 9.59 Å². The summed E-state index contributed by atoms with van der Waals surface area (Å²) in [6.45, 7) is 5.38. The molecule has 1 fully saturated rings. The van der Waals surface area contributed by atoms with Gasteiger partial charge < -0.3 is 16.0 Å². The average Bonchev–Trinajstić information content (AvgIpc) is 2.45. The minimum Gasteiger partial charge on any atom is -0.347 e. The lowest BCUT2D eigenvalue weighted by molar-refractivity contribution is -0.132. The van der Waals surface area contributed by atoms with Crippen molar-refractivity contribution in [2.75, 3.05) is 19.6 Å². The monoisotopic (exact) mass is 283 g/mol. The number of hydrogen-bond donors (Lipinski definition) is 2. The van der Waals surface area contributed by atoms with Crippen LogP contribution < -0.4 is 11.1 Å². The van der Waals surface area contributed by atoms with Gasteiger partial charge in [0.05, 0.1) is 6.54 Å². The van der Waals surface area contributed by atoms with E-state index in [0.717, 1.165) is 32.1 Å². The molecule has 0 aliphatic heterocycles. The van der Waals surface area contributed by atoms with Gasteiger partial charge in [-0.3, -0.25) is 9.59 Å². The van der Waals surface area contributed by atoms with E-state index in [2.05, 4.69) is 5.32 Å². The van der Waals surface area contributed by atoms with Gasteiger partial charge in [0.1, 0.15) is 0 Å². The molecule has 1 aliphatic rings. The zero-order chi connectivity index (χ0) is 15.0. The van der Waals surface area contributed by atoms with Gasteiger partial charge in [0, 0.05) is 25.6 Å². The summed E-state index contributed by atoms with van der Waals surface area (Å²) in [5.41, 5.74) is 5.87. The van der Waals surface area contributed by atoms with Crippen LogP contribution in [0.5, 0.6) is 0 Å². The van der Waals surface area contributed by atoms with Crippen molar-refractivity contribution in [3.05, 3.63) is 0 Å². The van der Waals surface area contributed by atoms with Crippen LogP contribution in [0.4, 0.5) is 0 Å². The zero-order valence-electron chi connectivity index (χ0n) is 12.9. The van der Waals surface area contributed by atoms with E-state index >= 15 is 0 Å². The Morgan fingerprint density at radius 3 is 2.30 bits per heavy atom. The predicted molar refractivity (Wildman–Crippen MR) is 80.1 cm³/mol. The number of nitrogens with one attached hydrogen (secondary N) is 1. The van der Waals surface area contributed by atoms with Crippen LogP contribution in [0.3, 0.4) is 0 Å². The lowest BCUT2D eigenvalue weighted by atomic mass is 9.84. The van der Waals surface area contributed by atoms with Gasteiger partial charge in [0.2, 0.25) is 11.8 Å². The average molecular weight is 283 g/mol. The highest BCUT2D eigenvalue weighted by molar-refractivity contribution is 5.84. The highest BCUT2D eigenvalue weighted by Gasteiger charge is 2.19. The number of rotatable bonds is 7. The summed E-state index contributed by atoms with van der Waals surface area (Å²) >= 11 is 0. The molecule has 0 saturated heterocycles. The van der Waals surface area contributed by atoms with E-state index in [1.54, 1.807) is 4.90 Å². The number of carbonyl (C=O) groups is 2. The molecule has 0 unspecified atom stereocenters. The summed E-state index contributed by atoms with van der Waals surface area (Å²) in [7, 11) is 0. The smallest absolute Gasteiger partial charge is 0.241 e. The van der Waals surface area contributed by atoms with Gasteiger partial charge in [0.25, 0.3) is 0 Å². The molecule has 0 bridgehead atoms. The molecule has 3 N–H and O–H groups in total. The molecular weight excluding hydrogens is 254 g/mol. The van der Waals surface area contributed by atoms with Crippen LogP contribution in [0.15, 0.2) is 0 Å². The van der Waals surface area contributed by atoms with Crippen molar-refractivity contribution >= 4 is 11.8 Å². The largest absolute Gasteiger partial charge is 0.347 e. The standard InChI is InChI=1S/C15H29N3O2/c1-3-18(4-2)15(20)11-17-14(19)10-7-12-5-8-13(16)9-6-12/h12-13H,3-11,16H2,1-2H3,(H,17,19). The van der Waals surface area contributed by atoms with Crippen molar-refractivity contribution in [2.45, 2.75) is 58.4 Å². The van der Waals surface area contributed by atoms with E-state index in [-0.39, 0.29) is 18.4 Å². The maximum atomic E-state index is 11.7. The lowest BCUT2D eigenvalue weighted by Gasteiger charge is -2.25. The lowest BCUT2D eigenvalue weighted by Crippen LogP contribution is -2.40. The molecule has 0 aromatic rings. The molecule has 116 valence electrons. The van der Waals surface area contributed by atoms with Gasteiger partial charge in [-0.05, 0) is 51.9 Å². The second-order valence-corrected chi connectivity index (χ2v) is 5.66. The second-order valence-electron chi connectivity index (χ2n) is 5.66. The first-order valence-corrected chi connectivity index (χ1v) is 7.86. The highest BCUT2D eigenvalue weighted by Crippen LogP contribution is 2.26. The Balaban J connectivity index is 2.15.